The molecule has 1 aliphatic carbocycles. The van der Waals surface area contributed by atoms with Gasteiger partial charge in [-0.05, 0) is 55.6 Å². The number of hydrogen-bond donors (Lipinski definition) is 1. The molecule has 1 aromatic carbocycles. The zero-order chi connectivity index (χ0) is 12.6. The predicted molar refractivity (Wildman–Crippen MR) is 73.3 cm³/mol. The van der Waals surface area contributed by atoms with Crippen LogP contribution >= 0.6 is 11.6 Å². The molecule has 0 aromatic heterocycles. The van der Waals surface area contributed by atoms with Gasteiger partial charge in [-0.3, -0.25) is 0 Å². The lowest BCUT2D eigenvalue weighted by atomic mass is 10.1. The summed E-state index contributed by atoms with van der Waals surface area (Å²) in [5.41, 5.74) is 2.37. The Labute approximate surface area is 109 Å². The predicted octanol–water partition coefficient (Wildman–Crippen LogP) is 3.61. The maximum atomic E-state index is 9.57. The van der Waals surface area contributed by atoms with E-state index in [4.69, 9.17) is 16.0 Å². The van der Waals surface area contributed by atoms with Crippen molar-refractivity contribution in [1.29, 1.82) is 0 Å². The minimum Gasteiger partial charge on any atom is -0.506 e. The van der Waals surface area contributed by atoms with Crippen LogP contribution in [0.15, 0.2) is 12.1 Å². The Kier molecular flexibility index (Phi) is 3.52. The highest BCUT2D eigenvalue weighted by atomic mass is 35.5. The van der Waals surface area contributed by atoms with Crippen molar-refractivity contribution in [2.45, 2.75) is 32.5 Å². The lowest BCUT2D eigenvalue weighted by Gasteiger charge is -2.20. The molecule has 1 unspecified atom stereocenters. The Morgan fingerprint density at radius 3 is 2.71 bits per heavy atom. The summed E-state index contributed by atoms with van der Waals surface area (Å²) in [6, 6.07) is 3.66. The molecule has 1 N–H and O–H groups in total. The SMILES string of the molecule is C[Si](C)(C)OCC1Cc2ccc(O)c(Cl)c2C1. The second-order valence-electron chi connectivity index (χ2n) is 5.73. The van der Waals surface area contributed by atoms with E-state index in [0.29, 0.717) is 10.9 Å². The molecule has 0 aliphatic heterocycles. The van der Waals surface area contributed by atoms with Crippen molar-refractivity contribution in [2.75, 3.05) is 6.61 Å². The minimum atomic E-state index is -1.43. The Morgan fingerprint density at radius 1 is 1.35 bits per heavy atom. The molecule has 0 saturated carbocycles. The van der Waals surface area contributed by atoms with Gasteiger partial charge in [-0.2, -0.15) is 0 Å². The zero-order valence-corrected chi connectivity index (χ0v) is 12.3. The van der Waals surface area contributed by atoms with Crippen LogP contribution in [-0.2, 0) is 17.3 Å². The van der Waals surface area contributed by atoms with Gasteiger partial charge in [0.05, 0.1) is 5.02 Å². The molecule has 1 aromatic rings. The fourth-order valence-corrected chi connectivity index (χ4v) is 3.22. The van der Waals surface area contributed by atoms with Gasteiger partial charge in [0.1, 0.15) is 5.75 Å². The topological polar surface area (TPSA) is 29.5 Å². The van der Waals surface area contributed by atoms with Crippen LogP contribution in [0.5, 0.6) is 5.75 Å². The molecule has 0 bridgehead atoms. The monoisotopic (exact) mass is 270 g/mol. The van der Waals surface area contributed by atoms with Crippen LogP contribution in [0.25, 0.3) is 0 Å². The summed E-state index contributed by atoms with van der Waals surface area (Å²) in [6.07, 6.45) is 1.94. The smallest absolute Gasteiger partial charge is 0.183 e. The van der Waals surface area contributed by atoms with Gasteiger partial charge in [-0.15, -0.1) is 0 Å². The highest BCUT2D eigenvalue weighted by molar-refractivity contribution is 6.69. The number of rotatable bonds is 3. The highest BCUT2D eigenvalue weighted by Gasteiger charge is 2.26. The molecule has 0 fully saturated rings. The summed E-state index contributed by atoms with van der Waals surface area (Å²) in [4.78, 5) is 0. The number of hydrogen-bond acceptors (Lipinski definition) is 2. The molecule has 4 heteroatoms. The van der Waals surface area contributed by atoms with Crippen LogP contribution in [0.3, 0.4) is 0 Å². The van der Waals surface area contributed by atoms with E-state index in [2.05, 4.69) is 19.6 Å². The minimum absolute atomic E-state index is 0.192. The van der Waals surface area contributed by atoms with E-state index in [0.717, 1.165) is 25.0 Å². The summed E-state index contributed by atoms with van der Waals surface area (Å²) in [5, 5.41) is 10.1. The van der Waals surface area contributed by atoms with E-state index >= 15 is 0 Å². The summed E-state index contributed by atoms with van der Waals surface area (Å²) in [6.45, 7) is 7.41. The molecule has 17 heavy (non-hydrogen) atoms. The summed E-state index contributed by atoms with van der Waals surface area (Å²) >= 11 is 6.11. The molecule has 0 radical (unpaired) electrons. The third-order valence-corrected chi connectivity index (χ3v) is 4.53. The summed E-state index contributed by atoms with van der Waals surface area (Å²) < 4.78 is 5.95. The van der Waals surface area contributed by atoms with E-state index in [-0.39, 0.29) is 5.75 Å². The molecular weight excluding hydrogens is 252 g/mol. The van der Waals surface area contributed by atoms with E-state index in [9.17, 15) is 5.11 Å². The molecule has 2 nitrogen and oxygen atoms in total. The Morgan fingerprint density at radius 2 is 2.06 bits per heavy atom. The van der Waals surface area contributed by atoms with Crippen molar-refractivity contribution in [3.05, 3.63) is 28.3 Å². The van der Waals surface area contributed by atoms with Crippen molar-refractivity contribution in [3.63, 3.8) is 0 Å². The van der Waals surface area contributed by atoms with Gasteiger partial charge in [0.25, 0.3) is 0 Å². The first-order valence-electron chi connectivity index (χ1n) is 6.00. The van der Waals surface area contributed by atoms with Crippen molar-refractivity contribution in [1.82, 2.24) is 0 Å². The fourth-order valence-electron chi connectivity index (χ4n) is 2.22. The maximum Gasteiger partial charge on any atom is 0.183 e. The normalized spacial score (nSPS) is 19.4. The van der Waals surface area contributed by atoms with Crippen molar-refractivity contribution in [3.8, 4) is 5.75 Å². The van der Waals surface area contributed by atoms with Crippen LogP contribution in [0.2, 0.25) is 24.7 Å². The van der Waals surface area contributed by atoms with Gasteiger partial charge >= 0.3 is 0 Å². The van der Waals surface area contributed by atoms with E-state index in [1.807, 2.05) is 6.07 Å². The number of phenolic OH excluding ortho intramolecular Hbond substituents is 1. The second kappa shape index (κ2) is 4.63. The first-order valence-corrected chi connectivity index (χ1v) is 9.78. The second-order valence-corrected chi connectivity index (χ2v) is 10.6. The average Bonchev–Trinajstić information content (AvgIpc) is 2.64. The molecular formula is C13H19ClO2Si. The first-order chi connectivity index (χ1) is 7.87. The number of aromatic hydroxyl groups is 1. The lowest BCUT2D eigenvalue weighted by molar-refractivity contribution is 0.248. The third kappa shape index (κ3) is 3.03. The van der Waals surface area contributed by atoms with E-state index in [1.54, 1.807) is 6.07 Å². The number of fused-ring (bicyclic) bond motifs is 1. The van der Waals surface area contributed by atoms with E-state index < -0.39 is 8.32 Å². The molecule has 0 saturated heterocycles. The molecule has 0 amide bonds. The standard InChI is InChI=1S/C13H19ClO2Si/c1-17(2,3)16-8-9-6-10-4-5-12(15)13(14)11(10)7-9/h4-5,9,15H,6-8H2,1-3H3. The van der Waals surface area contributed by atoms with Crippen LogP contribution < -0.4 is 0 Å². The lowest BCUT2D eigenvalue weighted by Crippen LogP contribution is -2.28. The summed E-state index contributed by atoms with van der Waals surface area (Å²) in [5.74, 6) is 0.702. The molecule has 0 spiro atoms. The van der Waals surface area contributed by atoms with Crippen LogP contribution in [0.4, 0.5) is 0 Å². The van der Waals surface area contributed by atoms with E-state index in [1.165, 1.54) is 5.56 Å². The van der Waals surface area contributed by atoms with Gasteiger partial charge in [-0.25, -0.2) is 0 Å². The van der Waals surface area contributed by atoms with Crippen molar-refractivity contribution in [2.24, 2.45) is 5.92 Å². The molecule has 0 heterocycles. The van der Waals surface area contributed by atoms with Gasteiger partial charge < -0.3 is 9.53 Å². The van der Waals surface area contributed by atoms with Gasteiger partial charge in [0.15, 0.2) is 8.32 Å². The Balaban J connectivity index is 2.04. The van der Waals surface area contributed by atoms with Crippen LogP contribution in [0, 0.1) is 5.92 Å². The Bertz CT molecular complexity index is 426. The number of halogens is 1. The first kappa shape index (κ1) is 12.9. The fraction of sp³-hybridized carbons (Fsp3) is 0.538. The molecule has 94 valence electrons. The average molecular weight is 271 g/mol. The maximum absolute atomic E-state index is 9.57. The highest BCUT2D eigenvalue weighted by Crippen LogP contribution is 2.37. The Hall–Kier alpha value is -0.513. The molecule has 2 rings (SSSR count). The van der Waals surface area contributed by atoms with Crippen molar-refractivity contribution < 1.29 is 9.53 Å². The number of benzene rings is 1. The van der Waals surface area contributed by atoms with Gasteiger partial charge in [0, 0.05) is 6.61 Å². The van der Waals surface area contributed by atoms with Gasteiger partial charge in [-0.1, -0.05) is 17.7 Å². The van der Waals surface area contributed by atoms with Crippen molar-refractivity contribution >= 4 is 19.9 Å². The van der Waals surface area contributed by atoms with Gasteiger partial charge in [0.2, 0.25) is 0 Å². The quantitative estimate of drug-likeness (QED) is 0.851. The molecule has 1 atom stereocenters. The third-order valence-electron chi connectivity index (χ3n) is 3.07. The van der Waals surface area contributed by atoms with Crippen LogP contribution in [0.1, 0.15) is 11.1 Å². The number of phenols is 1. The summed E-state index contributed by atoms with van der Waals surface area (Å²) in [7, 11) is -1.43. The zero-order valence-electron chi connectivity index (χ0n) is 10.6. The largest absolute Gasteiger partial charge is 0.506 e. The molecule has 1 aliphatic rings. The van der Waals surface area contributed by atoms with Crippen LogP contribution in [-0.4, -0.2) is 20.0 Å².